The fourth-order valence-electron chi connectivity index (χ4n) is 6.32. The maximum atomic E-state index is 14.1. The van der Waals surface area contributed by atoms with Gasteiger partial charge in [0.25, 0.3) is 11.8 Å². The van der Waals surface area contributed by atoms with Crippen molar-refractivity contribution in [2.24, 2.45) is 5.92 Å². The molecule has 274 valence electrons. The Bertz CT molecular complexity index is 1880. The van der Waals surface area contributed by atoms with Crippen molar-refractivity contribution in [2.75, 3.05) is 12.5 Å². The molecule has 11 nitrogen and oxygen atoms in total. The van der Waals surface area contributed by atoms with Crippen LogP contribution in [0.25, 0.3) is 10.9 Å². The summed E-state index contributed by atoms with van der Waals surface area (Å²) in [5.41, 5.74) is 3.51. The van der Waals surface area contributed by atoms with Crippen molar-refractivity contribution < 1.29 is 29.0 Å². The van der Waals surface area contributed by atoms with E-state index in [2.05, 4.69) is 20.9 Å². The molecule has 3 aromatic carbocycles. The first-order valence-electron chi connectivity index (χ1n) is 17.4. The van der Waals surface area contributed by atoms with Gasteiger partial charge >= 0.3 is 0 Å². The van der Waals surface area contributed by atoms with Crippen molar-refractivity contribution in [3.05, 3.63) is 108 Å². The summed E-state index contributed by atoms with van der Waals surface area (Å²) in [5.74, 6) is -1.73. The van der Waals surface area contributed by atoms with Gasteiger partial charge in [-0.25, -0.2) is 0 Å². The number of nitrogens with zero attached hydrogens (tertiary/aromatic N) is 2. The van der Waals surface area contributed by atoms with E-state index in [-0.39, 0.29) is 30.7 Å². The number of aryl methyl sites for hydroxylation is 1. The van der Waals surface area contributed by atoms with Gasteiger partial charge in [-0.15, -0.1) is 11.8 Å². The molecule has 0 bridgehead atoms. The van der Waals surface area contributed by atoms with Crippen LogP contribution in [0.2, 0.25) is 0 Å². The third-order valence-corrected chi connectivity index (χ3v) is 10.7. The highest BCUT2D eigenvalue weighted by Gasteiger charge is 2.50. The second-order valence-corrected chi connectivity index (χ2v) is 15.5. The lowest BCUT2D eigenvalue weighted by atomic mass is 9.96. The zero-order valence-electron chi connectivity index (χ0n) is 30.2. The van der Waals surface area contributed by atoms with Crippen molar-refractivity contribution >= 4 is 46.3 Å². The zero-order chi connectivity index (χ0) is 37.4. The number of fused-ring (bicyclic) bond motifs is 1. The molecule has 12 heteroatoms. The summed E-state index contributed by atoms with van der Waals surface area (Å²) in [6.45, 7) is 9.31. The molecule has 4 N–H and O–H groups in total. The second kappa shape index (κ2) is 17.1. The second-order valence-electron chi connectivity index (χ2n) is 13.9. The lowest BCUT2D eigenvalue weighted by molar-refractivity contribution is -0.148. The summed E-state index contributed by atoms with van der Waals surface area (Å²) >= 11 is 1.45. The molecule has 1 saturated heterocycles. The normalized spacial score (nSPS) is 16.9. The first-order valence-corrected chi connectivity index (χ1v) is 18.4. The topological polar surface area (TPSA) is 150 Å². The molecule has 1 aliphatic rings. The van der Waals surface area contributed by atoms with E-state index in [1.54, 1.807) is 38.2 Å². The van der Waals surface area contributed by atoms with Crippen molar-refractivity contribution in [2.45, 2.75) is 76.6 Å². The predicted molar refractivity (Wildman–Crippen MR) is 202 cm³/mol. The number of carbonyl (C=O) groups is 4. The van der Waals surface area contributed by atoms with Gasteiger partial charge in [-0.2, -0.15) is 0 Å². The number of pyridine rings is 1. The number of ether oxygens (including phenoxy) is 1. The smallest absolute Gasteiger partial charge is 0.258 e. The molecule has 5 rings (SSSR count). The fourth-order valence-corrected chi connectivity index (χ4v) is 7.46. The summed E-state index contributed by atoms with van der Waals surface area (Å²) < 4.78 is 5.18. The van der Waals surface area contributed by atoms with Crippen LogP contribution >= 0.6 is 11.8 Å². The Morgan fingerprint density at radius 2 is 1.69 bits per heavy atom. The number of aromatic nitrogens is 1. The summed E-state index contributed by atoms with van der Waals surface area (Å²) in [6, 6.07) is 23.0. The largest absolute Gasteiger partial charge is 0.483 e. The first kappa shape index (κ1) is 38.3. The van der Waals surface area contributed by atoms with Gasteiger partial charge in [-0.05, 0) is 74.1 Å². The van der Waals surface area contributed by atoms with Gasteiger partial charge in [0.15, 0.2) is 12.7 Å². The average molecular weight is 726 g/mol. The molecular formula is C40H47N5O6S. The van der Waals surface area contributed by atoms with Crippen molar-refractivity contribution in [3.8, 4) is 5.75 Å². The van der Waals surface area contributed by atoms with Crippen LogP contribution in [0.1, 0.15) is 44.4 Å². The molecule has 4 atom stereocenters. The van der Waals surface area contributed by atoms with E-state index < -0.39 is 46.7 Å². The third kappa shape index (κ3) is 9.29. The van der Waals surface area contributed by atoms with Crippen LogP contribution in [0, 0.1) is 12.8 Å². The van der Waals surface area contributed by atoms with Gasteiger partial charge in [0.2, 0.25) is 11.8 Å². The molecule has 0 radical (unpaired) electrons. The van der Waals surface area contributed by atoms with Gasteiger partial charge in [0, 0.05) is 22.9 Å². The number of aliphatic hydroxyl groups is 1. The van der Waals surface area contributed by atoms with Crippen LogP contribution in [-0.4, -0.2) is 80.1 Å². The van der Waals surface area contributed by atoms with Crippen LogP contribution in [0.4, 0.5) is 0 Å². The van der Waals surface area contributed by atoms with Gasteiger partial charge in [-0.3, -0.25) is 24.2 Å². The monoisotopic (exact) mass is 725 g/mol. The van der Waals surface area contributed by atoms with Gasteiger partial charge in [0.05, 0.1) is 17.4 Å². The third-order valence-electron chi connectivity index (χ3n) is 9.28. The van der Waals surface area contributed by atoms with E-state index in [0.717, 1.165) is 27.6 Å². The minimum Gasteiger partial charge on any atom is -0.483 e. The summed E-state index contributed by atoms with van der Waals surface area (Å²) in [6.07, 6.45) is 0.121. The Morgan fingerprint density at radius 3 is 2.42 bits per heavy atom. The lowest BCUT2D eigenvalue weighted by Gasteiger charge is -2.34. The van der Waals surface area contributed by atoms with Gasteiger partial charge in [-0.1, -0.05) is 74.5 Å². The number of nitrogens with one attached hydrogen (secondary N) is 3. The van der Waals surface area contributed by atoms with E-state index >= 15 is 0 Å². The number of benzene rings is 3. The molecule has 1 fully saturated rings. The molecular weight excluding hydrogens is 679 g/mol. The van der Waals surface area contributed by atoms with E-state index in [0.29, 0.717) is 12.3 Å². The first-order chi connectivity index (χ1) is 24.9. The molecule has 1 aliphatic heterocycles. The number of amides is 4. The van der Waals surface area contributed by atoms with E-state index in [4.69, 9.17) is 4.74 Å². The number of hydrogen-bond acceptors (Lipinski definition) is 8. The summed E-state index contributed by atoms with van der Waals surface area (Å²) in [4.78, 5) is 60.5. The molecule has 0 saturated carbocycles. The van der Waals surface area contributed by atoms with E-state index in [1.165, 1.54) is 16.7 Å². The fraction of sp³-hybridized carbons (Fsp3) is 0.375. The quantitative estimate of drug-likeness (QED) is 0.152. The van der Waals surface area contributed by atoms with Crippen LogP contribution < -0.4 is 20.7 Å². The van der Waals surface area contributed by atoms with Gasteiger partial charge in [0.1, 0.15) is 17.8 Å². The highest BCUT2D eigenvalue weighted by atomic mass is 32.2. The molecule has 2 unspecified atom stereocenters. The number of carbonyl (C=O) groups excluding carboxylic acids is 4. The van der Waals surface area contributed by atoms with Crippen LogP contribution in [0.5, 0.6) is 5.75 Å². The Labute approximate surface area is 308 Å². The predicted octanol–water partition coefficient (Wildman–Crippen LogP) is 4.15. The Hall–Kier alpha value is -4.94. The molecule has 1 aromatic heterocycles. The minimum atomic E-state index is -1.68. The van der Waals surface area contributed by atoms with Gasteiger partial charge < -0.3 is 30.7 Å². The standard InChI is InChI=1S/C40H47N5O6S/c1-25(2)34(44-33(46)23-51-32-19-11-18-30-29(32)17-12-20-41-30)37(48)43-31(21-27-14-7-6-8-15-27)35(47)39(50)45-24-52-40(4,5)36(45)38(49)42-22-28-16-10-9-13-26(28)3/h6-20,25,31,34-36,47H,21-24H2,1-5H3,(H,42,49)(H,43,48)(H,44,46)/t31-,34?,35-,36?/m0/s1. The lowest BCUT2D eigenvalue weighted by Crippen LogP contribution is -2.60. The zero-order valence-corrected chi connectivity index (χ0v) is 31.0. The highest BCUT2D eigenvalue weighted by molar-refractivity contribution is 8.00. The number of aliphatic hydroxyl groups excluding tert-OH is 1. The molecule has 4 amide bonds. The molecule has 2 heterocycles. The minimum absolute atomic E-state index is 0.130. The van der Waals surface area contributed by atoms with Crippen molar-refractivity contribution in [3.63, 3.8) is 0 Å². The molecule has 0 aliphatic carbocycles. The maximum Gasteiger partial charge on any atom is 0.258 e. The number of rotatable bonds is 14. The van der Waals surface area contributed by atoms with Crippen LogP contribution in [-0.2, 0) is 32.1 Å². The number of hydrogen-bond donors (Lipinski definition) is 4. The molecule has 0 spiro atoms. The Kier molecular flexibility index (Phi) is 12.6. The summed E-state index contributed by atoms with van der Waals surface area (Å²) in [7, 11) is 0. The van der Waals surface area contributed by atoms with Crippen LogP contribution in [0.15, 0.2) is 91.1 Å². The Balaban J connectivity index is 1.29. The maximum absolute atomic E-state index is 14.1. The van der Waals surface area contributed by atoms with Crippen molar-refractivity contribution in [1.29, 1.82) is 0 Å². The van der Waals surface area contributed by atoms with E-state index in [9.17, 15) is 24.3 Å². The number of thioether (sulfide) groups is 1. The SMILES string of the molecule is Cc1ccccc1CNC(=O)C1N(C(=O)[C@@H](O)[C@H](Cc2ccccc2)NC(=O)C(NC(=O)COc2cccc3ncccc23)C(C)C)CSC1(C)C. The molecule has 52 heavy (non-hydrogen) atoms. The summed E-state index contributed by atoms with van der Waals surface area (Å²) in [5, 5.41) is 21.1. The Morgan fingerprint density at radius 1 is 0.962 bits per heavy atom. The highest BCUT2D eigenvalue weighted by Crippen LogP contribution is 2.40. The van der Waals surface area contributed by atoms with Crippen LogP contribution in [0.3, 0.4) is 0 Å². The average Bonchev–Trinajstić information content (AvgIpc) is 3.46. The van der Waals surface area contributed by atoms with E-state index in [1.807, 2.05) is 87.5 Å². The molecule has 4 aromatic rings. The van der Waals surface area contributed by atoms with Crippen molar-refractivity contribution in [1.82, 2.24) is 25.8 Å².